The van der Waals surface area contributed by atoms with Crippen LogP contribution in [-0.2, 0) is 11.8 Å². The molecule has 2 aromatic heterocycles. The Morgan fingerprint density at radius 2 is 1.77 bits per heavy atom. The summed E-state index contributed by atoms with van der Waals surface area (Å²) in [5.41, 5.74) is 3.45. The maximum atomic E-state index is 13.2. The Balaban J connectivity index is 1.67. The Hall–Kier alpha value is -3.13. The number of para-hydroxylation sites is 1. The molecule has 1 saturated heterocycles. The smallest absolute Gasteiger partial charge is 0.295 e. The molecule has 158 valence electrons. The van der Waals surface area contributed by atoms with Gasteiger partial charge < -0.3 is 10.1 Å². The van der Waals surface area contributed by atoms with Crippen molar-refractivity contribution in [3.8, 4) is 5.69 Å². The molecule has 0 bridgehead atoms. The lowest BCUT2D eigenvalue weighted by molar-refractivity contribution is 0.0656. The van der Waals surface area contributed by atoms with Gasteiger partial charge in [0.25, 0.3) is 11.5 Å². The molecule has 0 atom stereocenters. The predicted octanol–water partition coefficient (Wildman–Crippen LogP) is 2.90. The number of nitrogens with one attached hydrogen (secondary N) is 1. The molecule has 1 N–H and O–H groups in total. The molecule has 0 radical (unpaired) electrons. The average Bonchev–Trinajstić information content (AvgIpc) is 3.16. The number of nitrogens with zero attached hydrogens (tertiary/aromatic N) is 4. The van der Waals surface area contributed by atoms with E-state index < -0.39 is 0 Å². The molecule has 0 saturated carbocycles. The van der Waals surface area contributed by atoms with E-state index in [0.29, 0.717) is 30.2 Å². The number of anilines is 1. The van der Waals surface area contributed by atoms with Gasteiger partial charge >= 0.3 is 0 Å². The summed E-state index contributed by atoms with van der Waals surface area (Å²) in [6.45, 7) is 6.96. The van der Waals surface area contributed by atoms with Gasteiger partial charge in [-0.05, 0) is 45.7 Å². The number of hydrogen-bond acceptors (Lipinski definition) is 4. The van der Waals surface area contributed by atoms with Crippen LogP contribution in [0.25, 0.3) is 5.69 Å². The molecule has 1 aliphatic heterocycles. The Bertz CT molecular complexity index is 1130. The molecule has 0 aliphatic carbocycles. The highest BCUT2D eigenvalue weighted by Crippen LogP contribution is 2.25. The first-order valence-corrected chi connectivity index (χ1v) is 10.2. The Labute approximate surface area is 175 Å². The van der Waals surface area contributed by atoms with E-state index in [-0.39, 0.29) is 23.2 Å². The van der Waals surface area contributed by atoms with Crippen molar-refractivity contribution < 1.29 is 9.53 Å². The molecule has 0 unspecified atom stereocenters. The van der Waals surface area contributed by atoms with Crippen molar-refractivity contribution in [1.82, 2.24) is 19.1 Å². The molecular formula is C22H27N5O3. The predicted molar refractivity (Wildman–Crippen MR) is 114 cm³/mol. The lowest BCUT2D eigenvalue weighted by Crippen LogP contribution is -2.24. The second-order valence-electron chi connectivity index (χ2n) is 7.72. The number of aromatic nitrogens is 4. The summed E-state index contributed by atoms with van der Waals surface area (Å²) in [7, 11) is 1.80. The van der Waals surface area contributed by atoms with Crippen LogP contribution in [0.2, 0.25) is 0 Å². The largest absolute Gasteiger partial charge is 0.381 e. The van der Waals surface area contributed by atoms with Gasteiger partial charge in [0.15, 0.2) is 0 Å². The SMILES string of the molecule is Cc1nn(C2CCOCC2)c(C)c1C(=O)Nc1c(C)n(C)n(-c2ccccc2)c1=O. The number of rotatable bonds is 4. The van der Waals surface area contributed by atoms with Gasteiger partial charge in [-0.2, -0.15) is 5.10 Å². The van der Waals surface area contributed by atoms with Crippen molar-refractivity contribution in [3.05, 3.63) is 63.3 Å². The number of benzene rings is 1. The second kappa shape index (κ2) is 7.95. The fraction of sp³-hybridized carbons (Fsp3) is 0.409. The van der Waals surface area contributed by atoms with E-state index >= 15 is 0 Å². The minimum atomic E-state index is -0.311. The van der Waals surface area contributed by atoms with Crippen LogP contribution in [0.15, 0.2) is 35.1 Å². The van der Waals surface area contributed by atoms with Crippen LogP contribution in [0, 0.1) is 20.8 Å². The number of ether oxygens (including phenoxy) is 1. The van der Waals surface area contributed by atoms with E-state index in [0.717, 1.165) is 24.2 Å². The van der Waals surface area contributed by atoms with Crippen molar-refractivity contribution >= 4 is 11.6 Å². The van der Waals surface area contributed by atoms with E-state index in [1.165, 1.54) is 0 Å². The van der Waals surface area contributed by atoms with Gasteiger partial charge in [0.2, 0.25) is 0 Å². The number of aryl methyl sites for hydroxylation is 1. The third-order valence-electron chi connectivity index (χ3n) is 5.88. The van der Waals surface area contributed by atoms with E-state index in [9.17, 15) is 9.59 Å². The van der Waals surface area contributed by atoms with Crippen molar-refractivity contribution in [2.75, 3.05) is 18.5 Å². The van der Waals surface area contributed by atoms with E-state index in [2.05, 4.69) is 10.4 Å². The zero-order chi connectivity index (χ0) is 21.4. The van der Waals surface area contributed by atoms with Crippen LogP contribution in [0.1, 0.15) is 46.3 Å². The monoisotopic (exact) mass is 409 g/mol. The van der Waals surface area contributed by atoms with Crippen molar-refractivity contribution in [3.63, 3.8) is 0 Å². The first kappa shape index (κ1) is 20.2. The normalized spacial score (nSPS) is 14.8. The number of carbonyl (C=O) groups is 1. The zero-order valence-corrected chi connectivity index (χ0v) is 17.8. The zero-order valence-electron chi connectivity index (χ0n) is 17.8. The molecular weight excluding hydrogens is 382 g/mol. The quantitative estimate of drug-likeness (QED) is 0.718. The van der Waals surface area contributed by atoms with Crippen molar-refractivity contribution in [2.24, 2.45) is 7.05 Å². The van der Waals surface area contributed by atoms with Gasteiger partial charge in [0.05, 0.1) is 28.7 Å². The van der Waals surface area contributed by atoms with Gasteiger partial charge in [-0.3, -0.25) is 19.0 Å². The first-order chi connectivity index (χ1) is 14.4. The molecule has 30 heavy (non-hydrogen) atoms. The van der Waals surface area contributed by atoms with E-state index in [4.69, 9.17) is 4.74 Å². The summed E-state index contributed by atoms with van der Waals surface area (Å²) in [5, 5.41) is 7.48. The third-order valence-corrected chi connectivity index (χ3v) is 5.88. The minimum absolute atomic E-state index is 0.229. The molecule has 4 rings (SSSR count). The molecule has 1 amide bonds. The Kier molecular flexibility index (Phi) is 5.34. The number of hydrogen-bond donors (Lipinski definition) is 1. The molecule has 0 spiro atoms. The summed E-state index contributed by atoms with van der Waals surface area (Å²) in [6.07, 6.45) is 1.76. The maximum Gasteiger partial charge on any atom is 0.295 e. The van der Waals surface area contributed by atoms with E-state index in [1.54, 1.807) is 16.4 Å². The molecule has 3 aromatic rings. The van der Waals surface area contributed by atoms with Crippen LogP contribution in [0.3, 0.4) is 0 Å². The van der Waals surface area contributed by atoms with Gasteiger partial charge in [-0.1, -0.05) is 18.2 Å². The number of carbonyl (C=O) groups excluding carboxylic acids is 1. The van der Waals surface area contributed by atoms with Crippen LogP contribution in [-0.4, -0.2) is 38.3 Å². The number of amides is 1. The van der Waals surface area contributed by atoms with Crippen LogP contribution < -0.4 is 10.9 Å². The van der Waals surface area contributed by atoms with Crippen molar-refractivity contribution in [2.45, 2.75) is 39.7 Å². The lowest BCUT2D eigenvalue weighted by atomic mass is 10.1. The summed E-state index contributed by atoms with van der Waals surface area (Å²) in [4.78, 5) is 26.3. The topological polar surface area (TPSA) is 83.1 Å². The summed E-state index contributed by atoms with van der Waals surface area (Å²) >= 11 is 0. The lowest BCUT2D eigenvalue weighted by Gasteiger charge is -2.23. The fourth-order valence-electron chi connectivity index (χ4n) is 4.17. The standard InChI is InChI=1S/C22H27N5O3/c1-14-19(15(2)26(24-14)17-10-12-30-13-11-17)21(28)23-20-16(3)25(4)27(22(20)29)18-8-6-5-7-9-18/h5-9,17H,10-13H2,1-4H3,(H,23,28). The fourth-order valence-corrected chi connectivity index (χ4v) is 4.17. The highest BCUT2D eigenvalue weighted by molar-refractivity contribution is 6.06. The molecule has 3 heterocycles. The second-order valence-corrected chi connectivity index (χ2v) is 7.72. The molecule has 8 heteroatoms. The van der Waals surface area contributed by atoms with Crippen LogP contribution in [0.4, 0.5) is 5.69 Å². The summed E-state index contributed by atoms with van der Waals surface area (Å²) < 4.78 is 10.7. The Morgan fingerprint density at radius 3 is 2.43 bits per heavy atom. The van der Waals surface area contributed by atoms with Gasteiger partial charge in [-0.15, -0.1) is 0 Å². The maximum absolute atomic E-state index is 13.2. The highest BCUT2D eigenvalue weighted by Gasteiger charge is 2.26. The van der Waals surface area contributed by atoms with E-state index in [1.807, 2.05) is 55.8 Å². The third kappa shape index (κ3) is 3.37. The minimum Gasteiger partial charge on any atom is -0.381 e. The van der Waals surface area contributed by atoms with Crippen LogP contribution in [0.5, 0.6) is 0 Å². The molecule has 1 aliphatic rings. The van der Waals surface area contributed by atoms with Gasteiger partial charge in [0.1, 0.15) is 5.69 Å². The van der Waals surface area contributed by atoms with Crippen molar-refractivity contribution in [1.29, 1.82) is 0 Å². The molecule has 1 aromatic carbocycles. The molecule has 8 nitrogen and oxygen atoms in total. The van der Waals surface area contributed by atoms with Gasteiger partial charge in [0, 0.05) is 26.0 Å². The Morgan fingerprint density at radius 1 is 1.10 bits per heavy atom. The summed E-state index contributed by atoms with van der Waals surface area (Å²) in [5.74, 6) is -0.311. The highest BCUT2D eigenvalue weighted by atomic mass is 16.5. The average molecular weight is 409 g/mol. The first-order valence-electron chi connectivity index (χ1n) is 10.2. The van der Waals surface area contributed by atoms with Gasteiger partial charge in [-0.25, -0.2) is 4.68 Å². The summed E-state index contributed by atoms with van der Waals surface area (Å²) in [6, 6.07) is 9.60. The van der Waals surface area contributed by atoms with Crippen LogP contribution >= 0.6 is 0 Å². The molecule has 1 fully saturated rings.